The fraction of sp³-hybridized carbons (Fsp3) is 0.364. The number of nitrogens with one attached hydrogen (secondary N) is 1. The highest BCUT2D eigenvalue weighted by molar-refractivity contribution is 5.71. The summed E-state index contributed by atoms with van der Waals surface area (Å²) in [5, 5.41) is 10.8. The number of carboxylic acids is 1. The van der Waals surface area contributed by atoms with Gasteiger partial charge in [0.25, 0.3) is 0 Å². The summed E-state index contributed by atoms with van der Waals surface area (Å²) in [6.45, 7) is 2.63. The van der Waals surface area contributed by atoms with Crippen molar-refractivity contribution in [3.8, 4) is 0 Å². The van der Waals surface area contributed by atoms with Gasteiger partial charge in [0.15, 0.2) is 23.3 Å². The topological polar surface area (TPSA) is 49.3 Å². The van der Waals surface area contributed by atoms with E-state index in [4.69, 9.17) is 5.11 Å². The molecule has 2 atom stereocenters. The van der Waals surface area contributed by atoms with Gasteiger partial charge >= 0.3 is 5.97 Å². The van der Waals surface area contributed by atoms with E-state index in [1.54, 1.807) is 0 Å². The first kappa shape index (κ1) is 14.3. The van der Waals surface area contributed by atoms with Crippen molar-refractivity contribution in [1.29, 1.82) is 0 Å². The summed E-state index contributed by atoms with van der Waals surface area (Å²) in [7, 11) is 0. The largest absolute Gasteiger partial charge is 0.481 e. The van der Waals surface area contributed by atoms with Crippen LogP contribution in [-0.4, -0.2) is 17.1 Å². The van der Waals surface area contributed by atoms with E-state index in [2.05, 4.69) is 5.32 Å². The molecule has 2 unspecified atom stereocenters. The van der Waals surface area contributed by atoms with E-state index in [0.717, 1.165) is 0 Å². The zero-order valence-corrected chi connectivity index (χ0v) is 9.60. The molecule has 0 amide bonds. The minimum atomic E-state index is -1.58. The average molecular weight is 265 g/mol. The van der Waals surface area contributed by atoms with Crippen molar-refractivity contribution < 1.29 is 27.5 Å². The minimum Gasteiger partial charge on any atom is -0.481 e. The fourth-order valence-corrected chi connectivity index (χ4v) is 1.27. The Morgan fingerprint density at radius 1 is 1.17 bits per heavy atom. The van der Waals surface area contributed by atoms with Gasteiger partial charge in [0.1, 0.15) is 5.69 Å². The maximum atomic E-state index is 13.3. The molecule has 3 nitrogen and oxygen atoms in total. The lowest BCUT2D eigenvalue weighted by molar-refractivity contribution is -0.141. The summed E-state index contributed by atoms with van der Waals surface area (Å²) in [5.74, 6) is -8.46. The molecule has 0 aliphatic heterocycles. The number of benzene rings is 1. The Morgan fingerprint density at radius 2 is 1.61 bits per heavy atom. The number of carboxylic acid groups (broad SMARTS) is 1. The number of hydrogen-bond acceptors (Lipinski definition) is 2. The third kappa shape index (κ3) is 2.72. The summed E-state index contributed by atoms with van der Waals surface area (Å²) in [5.41, 5.74) is -1.01. The average Bonchev–Trinajstić information content (AvgIpc) is 2.30. The predicted octanol–water partition coefficient (Wildman–Crippen LogP) is 2.76. The molecule has 1 aromatic carbocycles. The molecule has 100 valence electrons. The Hall–Kier alpha value is -1.79. The van der Waals surface area contributed by atoms with E-state index in [0.29, 0.717) is 0 Å². The second-order valence-electron chi connectivity index (χ2n) is 3.90. The maximum absolute atomic E-state index is 13.3. The number of aliphatic carboxylic acids is 1. The highest BCUT2D eigenvalue weighted by Gasteiger charge is 2.24. The smallest absolute Gasteiger partial charge is 0.308 e. The first-order chi connectivity index (χ1) is 8.25. The van der Waals surface area contributed by atoms with Crippen LogP contribution < -0.4 is 5.32 Å². The Morgan fingerprint density at radius 3 is 2.00 bits per heavy atom. The summed E-state index contributed by atoms with van der Waals surface area (Å²) < 4.78 is 52.3. The van der Waals surface area contributed by atoms with Crippen molar-refractivity contribution in [2.24, 2.45) is 5.92 Å². The zero-order valence-electron chi connectivity index (χ0n) is 9.60. The van der Waals surface area contributed by atoms with E-state index < -0.39 is 46.9 Å². The van der Waals surface area contributed by atoms with Gasteiger partial charge in [0.05, 0.1) is 5.92 Å². The van der Waals surface area contributed by atoms with Gasteiger partial charge in [0, 0.05) is 12.1 Å². The van der Waals surface area contributed by atoms with Gasteiger partial charge in [-0.3, -0.25) is 4.79 Å². The van der Waals surface area contributed by atoms with Crippen LogP contribution in [0.15, 0.2) is 6.07 Å². The first-order valence-electron chi connectivity index (χ1n) is 5.08. The molecule has 1 aromatic rings. The van der Waals surface area contributed by atoms with Crippen molar-refractivity contribution in [3.05, 3.63) is 29.3 Å². The molecule has 1 rings (SSSR count). The molecule has 0 bridgehead atoms. The van der Waals surface area contributed by atoms with Crippen molar-refractivity contribution in [1.82, 2.24) is 0 Å². The van der Waals surface area contributed by atoms with Crippen LogP contribution in [0.3, 0.4) is 0 Å². The SMILES string of the molecule is CC(Nc1c(F)c(F)cc(F)c1F)C(C)C(=O)O. The summed E-state index contributed by atoms with van der Waals surface area (Å²) in [4.78, 5) is 10.7. The minimum absolute atomic E-state index is 0.0845. The molecule has 0 fully saturated rings. The molecule has 0 spiro atoms. The van der Waals surface area contributed by atoms with Crippen molar-refractivity contribution in [3.63, 3.8) is 0 Å². The molecule has 0 heterocycles. The number of rotatable bonds is 4. The number of hydrogen-bond donors (Lipinski definition) is 2. The number of halogens is 4. The van der Waals surface area contributed by atoms with Gasteiger partial charge in [-0.2, -0.15) is 0 Å². The van der Waals surface area contributed by atoms with Crippen LogP contribution in [0.25, 0.3) is 0 Å². The van der Waals surface area contributed by atoms with Crippen LogP contribution in [0.4, 0.5) is 23.2 Å². The molecular formula is C11H11F4NO2. The Balaban J connectivity index is 3.08. The highest BCUT2D eigenvalue weighted by Crippen LogP contribution is 2.25. The normalized spacial score (nSPS) is 14.1. The van der Waals surface area contributed by atoms with E-state index >= 15 is 0 Å². The van der Waals surface area contributed by atoms with Crippen LogP contribution >= 0.6 is 0 Å². The summed E-state index contributed by atoms with van der Waals surface area (Å²) in [6, 6.07) is -0.825. The van der Waals surface area contributed by atoms with Crippen molar-refractivity contribution in [2.45, 2.75) is 19.9 Å². The summed E-state index contributed by atoms with van der Waals surface area (Å²) >= 11 is 0. The van der Waals surface area contributed by atoms with E-state index in [1.165, 1.54) is 13.8 Å². The second kappa shape index (κ2) is 5.24. The second-order valence-corrected chi connectivity index (χ2v) is 3.90. The molecule has 2 N–H and O–H groups in total. The number of anilines is 1. The Bertz CT molecular complexity index is 452. The van der Waals surface area contributed by atoms with E-state index in [1.807, 2.05) is 0 Å². The standard InChI is InChI=1S/C11H11F4NO2/c1-4(11(17)18)5(2)16-10-8(14)6(12)3-7(13)9(10)15/h3-5,16H,1-2H3,(H,17,18). The Labute approximate surface area is 100 Å². The molecule has 0 radical (unpaired) electrons. The van der Waals surface area contributed by atoms with Crippen molar-refractivity contribution >= 4 is 11.7 Å². The monoisotopic (exact) mass is 265 g/mol. The van der Waals surface area contributed by atoms with E-state index in [-0.39, 0.29) is 6.07 Å². The maximum Gasteiger partial charge on any atom is 0.308 e. The molecule has 7 heteroatoms. The molecule has 0 aliphatic carbocycles. The molecular weight excluding hydrogens is 254 g/mol. The summed E-state index contributed by atoms with van der Waals surface area (Å²) in [6.07, 6.45) is 0. The highest BCUT2D eigenvalue weighted by atomic mass is 19.2. The third-order valence-corrected chi connectivity index (χ3v) is 2.62. The van der Waals surface area contributed by atoms with Crippen LogP contribution in [0.2, 0.25) is 0 Å². The van der Waals surface area contributed by atoms with Crippen LogP contribution in [-0.2, 0) is 4.79 Å². The Kier molecular flexibility index (Phi) is 4.15. The molecule has 0 saturated carbocycles. The predicted molar refractivity (Wildman–Crippen MR) is 56.2 cm³/mol. The fourth-order valence-electron chi connectivity index (χ4n) is 1.27. The van der Waals surface area contributed by atoms with Gasteiger partial charge in [-0.15, -0.1) is 0 Å². The molecule has 18 heavy (non-hydrogen) atoms. The van der Waals surface area contributed by atoms with Crippen LogP contribution in [0.1, 0.15) is 13.8 Å². The lowest BCUT2D eigenvalue weighted by atomic mass is 10.0. The molecule has 0 saturated heterocycles. The lowest BCUT2D eigenvalue weighted by Gasteiger charge is -2.20. The van der Waals surface area contributed by atoms with Crippen molar-refractivity contribution in [2.75, 3.05) is 5.32 Å². The lowest BCUT2D eigenvalue weighted by Crippen LogP contribution is -2.30. The quantitative estimate of drug-likeness (QED) is 0.650. The van der Waals surface area contributed by atoms with Crippen LogP contribution in [0, 0.1) is 29.2 Å². The molecule has 0 aliphatic rings. The zero-order chi connectivity index (χ0) is 14.0. The first-order valence-corrected chi connectivity index (χ1v) is 5.08. The van der Waals surface area contributed by atoms with Gasteiger partial charge in [-0.05, 0) is 13.8 Å². The molecule has 0 aromatic heterocycles. The van der Waals surface area contributed by atoms with Gasteiger partial charge in [-0.1, -0.05) is 0 Å². The van der Waals surface area contributed by atoms with Gasteiger partial charge in [0.2, 0.25) is 0 Å². The number of carbonyl (C=O) groups is 1. The van der Waals surface area contributed by atoms with Gasteiger partial charge in [-0.25, -0.2) is 17.6 Å². The van der Waals surface area contributed by atoms with Crippen LogP contribution in [0.5, 0.6) is 0 Å². The van der Waals surface area contributed by atoms with E-state index in [9.17, 15) is 22.4 Å². The van der Waals surface area contributed by atoms with Gasteiger partial charge < -0.3 is 10.4 Å². The third-order valence-electron chi connectivity index (χ3n) is 2.62.